The molecule has 1 N–H and O–H groups in total. The lowest BCUT2D eigenvalue weighted by Gasteiger charge is -2.17. The van der Waals surface area contributed by atoms with Crippen LogP contribution in [0.2, 0.25) is 10.0 Å². The van der Waals surface area contributed by atoms with Crippen molar-refractivity contribution in [2.45, 2.75) is 16.7 Å². The lowest BCUT2D eigenvalue weighted by Crippen LogP contribution is -2.23. The van der Waals surface area contributed by atoms with Crippen molar-refractivity contribution in [2.24, 2.45) is 0 Å². The fraction of sp³-hybridized carbons (Fsp3) is 0.250. The van der Waals surface area contributed by atoms with Crippen molar-refractivity contribution in [3.8, 4) is 5.75 Å². The number of halogens is 2. The minimum Gasteiger partial charge on any atom is -0.492 e. The predicted molar refractivity (Wildman–Crippen MR) is 106 cm³/mol. The molecule has 27 heavy (non-hydrogen) atoms. The third-order valence-electron chi connectivity index (χ3n) is 3.40. The summed E-state index contributed by atoms with van der Waals surface area (Å²) in [4.78, 5) is -0.301. The maximum atomic E-state index is 12.6. The van der Waals surface area contributed by atoms with Gasteiger partial charge in [-0.1, -0.05) is 23.2 Å². The van der Waals surface area contributed by atoms with Crippen LogP contribution in [-0.4, -0.2) is 41.8 Å². The Morgan fingerprint density at radius 1 is 1.00 bits per heavy atom. The smallest absolute Gasteiger partial charge is 0.261 e. The summed E-state index contributed by atoms with van der Waals surface area (Å²) in [5, 5.41) is 0.316. The molecule has 0 bridgehead atoms. The van der Waals surface area contributed by atoms with Gasteiger partial charge in [0.2, 0.25) is 10.0 Å². The summed E-state index contributed by atoms with van der Waals surface area (Å²) in [6.07, 6.45) is 0. The highest BCUT2D eigenvalue weighted by Crippen LogP contribution is 2.31. The summed E-state index contributed by atoms with van der Waals surface area (Å²) in [6.45, 7) is 1.97. The zero-order valence-electron chi connectivity index (χ0n) is 14.7. The molecule has 11 heteroatoms. The highest BCUT2D eigenvalue weighted by atomic mass is 35.5. The molecule has 2 aromatic carbocycles. The number of sulfonamides is 2. The molecule has 0 saturated carbocycles. The van der Waals surface area contributed by atoms with E-state index in [1.165, 1.54) is 50.5 Å². The van der Waals surface area contributed by atoms with Crippen LogP contribution in [0.5, 0.6) is 5.75 Å². The monoisotopic (exact) mass is 452 g/mol. The van der Waals surface area contributed by atoms with E-state index >= 15 is 0 Å². The van der Waals surface area contributed by atoms with Gasteiger partial charge in [-0.25, -0.2) is 21.1 Å². The largest absolute Gasteiger partial charge is 0.492 e. The van der Waals surface area contributed by atoms with Crippen LogP contribution in [0.3, 0.4) is 0 Å². The third-order valence-corrected chi connectivity index (χ3v) is 7.03. The molecular weight excluding hydrogens is 435 g/mol. The van der Waals surface area contributed by atoms with Crippen LogP contribution in [0, 0.1) is 0 Å². The van der Waals surface area contributed by atoms with Gasteiger partial charge in [0.15, 0.2) is 0 Å². The van der Waals surface area contributed by atoms with E-state index < -0.39 is 20.0 Å². The van der Waals surface area contributed by atoms with E-state index in [0.717, 1.165) is 4.31 Å². The normalized spacial score (nSPS) is 12.2. The summed E-state index contributed by atoms with van der Waals surface area (Å²) in [5.41, 5.74) is 0.0509. The van der Waals surface area contributed by atoms with Gasteiger partial charge >= 0.3 is 0 Å². The quantitative estimate of drug-likeness (QED) is 0.694. The van der Waals surface area contributed by atoms with Crippen molar-refractivity contribution in [1.29, 1.82) is 0 Å². The zero-order valence-corrected chi connectivity index (χ0v) is 17.9. The highest BCUT2D eigenvalue weighted by Gasteiger charge is 2.24. The molecule has 0 unspecified atom stereocenters. The fourth-order valence-electron chi connectivity index (χ4n) is 2.14. The Labute approximate surface area is 168 Å². The lowest BCUT2D eigenvalue weighted by atomic mass is 10.3. The molecule has 0 heterocycles. The molecule has 0 atom stereocenters. The number of hydrogen-bond donors (Lipinski definition) is 1. The fourth-order valence-corrected chi connectivity index (χ4v) is 4.97. The number of hydrogen-bond acceptors (Lipinski definition) is 5. The Balaban J connectivity index is 2.50. The number of benzene rings is 2. The maximum Gasteiger partial charge on any atom is 0.261 e. The van der Waals surface area contributed by atoms with Gasteiger partial charge < -0.3 is 4.74 Å². The summed E-state index contributed by atoms with van der Waals surface area (Å²) in [7, 11) is -5.15. The summed E-state index contributed by atoms with van der Waals surface area (Å²) in [6, 6.07) is 7.88. The average Bonchev–Trinajstić information content (AvgIpc) is 2.55. The molecular formula is C16H18Cl2N2O5S2. The van der Waals surface area contributed by atoms with Crippen LogP contribution in [-0.2, 0) is 20.0 Å². The van der Waals surface area contributed by atoms with Crippen LogP contribution in [0.1, 0.15) is 6.92 Å². The maximum absolute atomic E-state index is 12.6. The summed E-state index contributed by atoms with van der Waals surface area (Å²) < 4.78 is 59.0. The molecule has 0 fully saturated rings. The van der Waals surface area contributed by atoms with Gasteiger partial charge in [-0.3, -0.25) is 4.72 Å². The van der Waals surface area contributed by atoms with Crippen molar-refractivity contribution in [3.63, 3.8) is 0 Å². The Kier molecular flexibility index (Phi) is 6.64. The second-order valence-corrected chi connectivity index (χ2v) is 10.3. The first-order valence-corrected chi connectivity index (χ1v) is 11.3. The summed E-state index contributed by atoms with van der Waals surface area (Å²) >= 11 is 11.7. The van der Waals surface area contributed by atoms with E-state index in [9.17, 15) is 16.8 Å². The molecule has 2 rings (SSSR count). The summed E-state index contributed by atoms with van der Waals surface area (Å²) in [5.74, 6) is 0.125. The van der Waals surface area contributed by atoms with Gasteiger partial charge in [0.05, 0.1) is 17.2 Å². The van der Waals surface area contributed by atoms with Gasteiger partial charge in [0.1, 0.15) is 10.6 Å². The number of rotatable bonds is 7. The second-order valence-electron chi connectivity index (χ2n) is 5.59. The molecule has 148 valence electrons. The number of nitrogens with one attached hydrogen (secondary N) is 1. The Morgan fingerprint density at radius 2 is 1.59 bits per heavy atom. The van der Waals surface area contributed by atoms with Gasteiger partial charge in [0.25, 0.3) is 10.0 Å². The Bertz CT molecular complexity index is 1030. The third kappa shape index (κ3) is 5.05. The Hall–Kier alpha value is -1.52. The lowest BCUT2D eigenvalue weighted by molar-refractivity contribution is 0.330. The van der Waals surface area contributed by atoms with Gasteiger partial charge in [-0.2, -0.15) is 0 Å². The van der Waals surface area contributed by atoms with E-state index in [2.05, 4.69) is 4.72 Å². The van der Waals surface area contributed by atoms with E-state index in [4.69, 9.17) is 27.9 Å². The molecule has 7 nitrogen and oxygen atoms in total. The highest BCUT2D eigenvalue weighted by molar-refractivity contribution is 7.92. The van der Waals surface area contributed by atoms with Crippen LogP contribution in [0.4, 0.5) is 5.69 Å². The van der Waals surface area contributed by atoms with E-state index in [0.29, 0.717) is 0 Å². The predicted octanol–water partition coefficient (Wildman–Crippen LogP) is 3.44. The number of ether oxygens (including phenoxy) is 1. The van der Waals surface area contributed by atoms with Crippen molar-refractivity contribution in [2.75, 3.05) is 25.4 Å². The van der Waals surface area contributed by atoms with Crippen LogP contribution < -0.4 is 9.46 Å². The Morgan fingerprint density at radius 3 is 2.11 bits per heavy atom. The first-order chi connectivity index (χ1) is 12.5. The number of nitrogens with zero attached hydrogens (tertiary/aromatic N) is 1. The van der Waals surface area contributed by atoms with Crippen molar-refractivity contribution in [3.05, 3.63) is 46.4 Å². The van der Waals surface area contributed by atoms with Gasteiger partial charge in [-0.05, 0) is 43.3 Å². The minimum absolute atomic E-state index is 0.0509. The van der Waals surface area contributed by atoms with Crippen molar-refractivity contribution >= 4 is 48.9 Å². The van der Waals surface area contributed by atoms with Crippen molar-refractivity contribution in [1.82, 2.24) is 4.31 Å². The van der Waals surface area contributed by atoms with Crippen LogP contribution >= 0.6 is 23.2 Å². The molecule has 0 saturated heterocycles. The van der Waals surface area contributed by atoms with E-state index in [1.807, 2.05) is 0 Å². The standard InChI is InChI=1S/C16H18Cl2N2O5S2/c1-4-25-15-6-5-13(10-16(15)27(23,24)20(2)3)19-26(21,22)14-8-11(17)7-12(18)9-14/h5-10,19H,4H2,1-3H3. The van der Waals surface area contributed by atoms with Gasteiger partial charge in [0, 0.05) is 24.1 Å². The van der Waals surface area contributed by atoms with E-state index in [1.54, 1.807) is 6.92 Å². The minimum atomic E-state index is -4.03. The molecule has 0 aromatic heterocycles. The topological polar surface area (TPSA) is 92.8 Å². The number of anilines is 1. The second kappa shape index (κ2) is 8.24. The van der Waals surface area contributed by atoms with Crippen LogP contribution in [0.25, 0.3) is 0 Å². The van der Waals surface area contributed by atoms with Crippen LogP contribution in [0.15, 0.2) is 46.2 Å². The molecule has 2 aromatic rings. The zero-order chi connectivity index (χ0) is 20.4. The molecule has 0 spiro atoms. The molecule has 0 radical (unpaired) electrons. The molecule has 0 aliphatic carbocycles. The SMILES string of the molecule is CCOc1ccc(NS(=O)(=O)c2cc(Cl)cc(Cl)c2)cc1S(=O)(=O)N(C)C. The molecule has 0 aliphatic heterocycles. The first-order valence-electron chi connectivity index (χ1n) is 7.65. The van der Waals surface area contributed by atoms with Crippen molar-refractivity contribution < 1.29 is 21.6 Å². The average molecular weight is 453 g/mol. The first kappa shape index (κ1) is 21.8. The van der Waals surface area contributed by atoms with E-state index in [-0.39, 0.29) is 37.9 Å². The molecule has 0 amide bonds. The molecule has 0 aliphatic rings. The van der Waals surface area contributed by atoms with Gasteiger partial charge in [-0.15, -0.1) is 0 Å².